The van der Waals surface area contributed by atoms with Gasteiger partial charge in [-0.25, -0.2) is 0 Å². The Balaban J connectivity index is 1.73. The van der Waals surface area contributed by atoms with Crippen molar-refractivity contribution in [3.63, 3.8) is 0 Å². The molecule has 0 spiro atoms. The Morgan fingerprint density at radius 3 is 3.00 bits per heavy atom. The van der Waals surface area contributed by atoms with Crippen molar-refractivity contribution in [2.24, 2.45) is 0 Å². The van der Waals surface area contributed by atoms with Crippen LogP contribution in [0.3, 0.4) is 0 Å². The molecule has 0 bridgehead atoms. The molecule has 17 heavy (non-hydrogen) atoms. The smallest absolute Gasteiger partial charge is 0.121 e. The van der Waals surface area contributed by atoms with Crippen LogP contribution in [0.4, 0.5) is 5.69 Å². The Labute approximate surface area is 101 Å². The summed E-state index contributed by atoms with van der Waals surface area (Å²) in [5.74, 6) is 0.821. The average Bonchev–Trinajstić information content (AvgIpc) is 2.71. The maximum atomic E-state index is 5.66. The molecule has 2 rings (SSSR count). The molecule has 1 heterocycles. The highest BCUT2D eigenvalue weighted by Gasteiger charge is 1.96. The summed E-state index contributed by atoms with van der Waals surface area (Å²) in [5.41, 5.74) is 7.57. The van der Waals surface area contributed by atoms with Gasteiger partial charge in [0.05, 0.1) is 12.8 Å². The number of rotatable bonds is 5. The number of hydrogen-bond acceptors (Lipinski definition) is 3. The third kappa shape index (κ3) is 3.52. The van der Waals surface area contributed by atoms with E-state index in [-0.39, 0.29) is 0 Å². The van der Waals surface area contributed by atoms with Crippen LogP contribution < -0.4 is 10.5 Å². The van der Waals surface area contributed by atoms with Crippen LogP contribution in [-0.4, -0.2) is 16.4 Å². The summed E-state index contributed by atoms with van der Waals surface area (Å²) >= 11 is 0. The highest BCUT2D eigenvalue weighted by atomic mass is 16.5. The van der Waals surface area contributed by atoms with E-state index < -0.39 is 0 Å². The Morgan fingerprint density at radius 2 is 2.29 bits per heavy atom. The predicted molar refractivity (Wildman–Crippen MR) is 67.9 cm³/mol. The van der Waals surface area contributed by atoms with Crippen LogP contribution in [0.1, 0.15) is 12.0 Å². The summed E-state index contributed by atoms with van der Waals surface area (Å²) in [6.07, 6.45) is 4.81. The fraction of sp³-hybridized carbons (Fsp3) is 0.308. The first kappa shape index (κ1) is 11.5. The summed E-state index contributed by atoms with van der Waals surface area (Å²) < 4.78 is 7.52. The Hall–Kier alpha value is -1.97. The molecule has 0 saturated carbocycles. The number of aryl methyl sites for hydroxylation is 2. The molecule has 0 unspecified atom stereocenters. The van der Waals surface area contributed by atoms with Crippen molar-refractivity contribution in [2.75, 3.05) is 12.3 Å². The Bertz CT molecular complexity index is 479. The largest absolute Gasteiger partial charge is 0.493 e. The summed E-state index contributed by atoms with van der Waals surface area (Å²) in [4.78, 5) is 0. The molecule has 0 aliphatic carbocycles. The van der Waals surface area contributed by atoms with Crippen LogP contribution in [-0.2, 0) is 6.54 Å². The maximum Gasteiger partial charge on any atom is 0.121 e. The molecule has 0 saturated heterocycles. The minimum absolute atomic E-state index is 0.669. The van der Waals surface area contributed by atoms with Crippen LogP contribution in [0.15, 0.2) is 36.7 Å². The summed E-state index contributed by atoms with van der Waals surface area (Å²) in [6.45, 7) is 3.57. The van der Waals surface area contributed by atoms with Gasteiger partial charge in [-0.05, 0) is 24.6 Å². The van der Waals surface area contributed by atoms with Crippen LogP contribution in [0, 0.1) is 6.92 Å². The summed E-state index contributed by atoms with van der Waals surface area (Å²) in [6, 6.07) is 7.48. The van der Waals surface area contributed by atoms with Gasteiger partial charge in [0.25, 0.3) is 0 Å². The van der Waals surface area contributed by atoms with Crippen molar-refractivity contribution in [3.05, 3.63) is 42.2 Å². The van der Waals surface area contributed by atoms with Crippen molar-refractivity contribution in [2.45, 2.75) is 19.9 Å². The standard InChI is InChI=1S/C13H17N3O/c1-11-9-15-16(10-11)6-3-7-17-13-5-2-4-12(14)8-13/h2,4-5,8-10H,3,6-7,14H2,1H3. The van der Waals surface area contributed by atoms with E-state index in [9.17, 15) is 0 Å². The van der Waals surface area contributed by atoms with Crippen LogP contribution in [0.2, 0.25) is 0 Å². The topological polar surface area (TPSA) is 53.1 Å². The Kier molecular flexibility index (Phi) is 3.65. The number of anilines is 1. The van der Waals surface area contributed by atoms with Gasteiger partial charge in [0.2, 0.25) is 0 Å². The molecule has 0 aliphatic rings. The second kappa shape index (κ2) is 5.39. The van der Waals surface area contributed by atoms with Crippen molar-refractivity contribution in [1.82, 2.24) is 9.78 Å². The van der Waals surface area contributed by atoms with E-state index in [4.69, 9.17) is 10.5 Å². The lowest BCUT2D eigenvalue weighted by Gasteiger charge is -2.06. The molecule has 4 nitrogen and oxygen atoms in total. The lowest BCUT2D eigenvalue weighted by Crippen LogP contribution is -2.04. The first-order chi connectivity index (χ1) is 8.24. The number of hydrogen-bond donors (Lipinski definition) is 1. The second-order valence-electron chi connectivity index (χ2n) is 4.06. The van der Waals surface area contributed by atoms with Gasteiger partial charge in [-0.15, -0.1) is 0 Å². The molecule has 4 heteroatoms. The minimum atomic E-state index is 0.669. The van der Waals surface area contributed by atoms with Crippen LogP contribution in [0.5, 0.6) is 5.75 Å². The first-order valence-corrected chi connectivity index (χ1v) is 5.71. The van der Waals surface area contributed by atoms with Gasteiger partial charge in [0.15, 0.2) is 0 Å². The molecule has 0 atom stereocenters. The SMILES string of the molecule is Cc1cnn(CCCOc2cccc(N)c2)c1. The number of nitrogens with two attached hydrogens (primary N) is 1. The number of nitrogens with zero attached hydrogens (tertiary/aromatic N) is 2. The van der Waals surface area contributed by atoms with Crippen LogP contribution >= 0.6 is 0 Å². The normalized spacial score (nSPS) is 10.4. The third-order valence-electron chi connectivity index (χ3n) is 2.42. The number of benzene rings is 1. The molecule has 0 fully saturated rings. The highest BCUT2D eigenvalue weighted by Crippen LogP contribution is 2.14. The van der Waals surface area contributed by atoms with E-state index in [0.717, 1.165) is 24.4 Å². The number of nitrogen functional groups attached to an aromatic ring is 1. The summed E-state index contributed by atoms with van der Waals surface area (Å²) in [7, 11) is 0. The molecule has 0 radical (unpaired) electrons. The fourth-order valence-electron chi connectivity index (χ4n) is 1.61. The number of aromatic nitrogens is 2. The van der Waals surface area contributed by atoms with E-state index >= 15 is 0 Å². The monoisotopic (exact) mass is 231 g/mol. The van der Waals surface area contributed by atoms with Crippen molar-refractivity contribution < 1.29 is 4.74 Å². The summed E-state index contributed by atoms with van der Waals surface area (Å²) in [5, 5.41) is 4.22. The molecule has 2 N–H and O–H groups in total. The quantitative estimate of drug-likeness (QED) is 0.634. The fourth-order valence-corrected chi connectivity index (χ4v) is 1.61. The molecule has 1 aromatic carbocycles. The molecule has 0 aliphatic heterocycles. The molecule has 2 aromatic rings. The maximum absolute atomic E-state index is 5.66. The zero-order chi connectivity index (χ0) is 12.1. The lowest BCUT2D eigenvalue weighted by molar-refractivity contribution is 0.299. The average molecular weight is 231 g/mol. The van der Waals surface area contributed by atoms with E-state index in [1.807, 2.05) is 48.3 Å². The highest BCUT2D eigenvalue weighted by molar-refractivity contribution is 5.43. The molecular weight excluding hydrogens is 214 g/mol. The minimum Gasteiger partial charge on any atom is -0.493 e. The Morgan fingerprint density at radius 1 is 1.41 bits per heavy atom. The second-order valence-corrected chi connectivity index (χ2v) is 4.06. The van der Waals surface area contributed by atoms with Gasteiger partial charge in [0.1, 0.15) is 5.75 Å². The number of ether oxygens (including phenoxy) is 1. The lowest BCUT2D eigenvalue weighted by atomic mass is 10.3. The molecule has 0 amide bonds. The zero-order valence-corrected chi connectivity index (χ0v) is 9.97. The van der Waals surface area contributed by atoms with E-state index in [1.165, 1.54) is 5.56 Å². The van der Waals surface area contributed by atoms with E-state index in [2.05, 4.69) is 5.10 Å². The van der Waals surface area contributed by atoms with E-state index in [0.29, 0.717) is 6.61 Å². The van der Waals surface area contributed by atoms with E-state index in [1.54, 1.807) is 0 Å². The third-order valence-corrected chi connectivity index (χ3v) is 2.42. The van der Waals surface area contributed by atoms with Gasteiger partial charge in [0, 0.05) is 30.9 Å². The van der Waals surface area contributed by atoms with Gasteiger partial charge in [-0.3, -0.25) is 4.68 Å². The zero-order valence-electron chi connectivity index (χ0n) is 9.97. The van der Waals surface area contributed by atoms with Gasteiger partial charge >= 0.3 is 0 Å². The van der Waals surface area contributed by atoms with Crippen molar-refractivity contribution in [3.8, 4) is 5.75 Å². The van der Waals surface area contributed by atoms with Crippen molar-refractivity contribution in [1.29, 1.82) is 0 Å². The molecular formula is C13H17N3O. The van der Waals surface area contributed by atoms with Gasteiger partial charge in [-0.1, -0.05) is 6.07 Å². The van der Waals surface area contributed by atoms with Gasteiger partial charge in [-0.2, -0.15) is 5.10 Å². The predicted octanol–water partition coefficient (Wildman–Crippen LogP) is 2.24. The first-order valence-electron chi connectivity index (χ1n) is 5.71. The molecule has 1 aromatic heterocycles. The van der Waals surface area contributed by atoms with Gasteiger partial charge < -0.3 is 10.5 Å². The molecule has 90 valence electrons. The van der Waals surface area contributed by atoms with Crippen molar-refractivity contribution >= 4 is 5.69 Å². The van der Waals surface area contributed by atoms with Crippen LogP contribution in [0.25, 0.3) is 0 Å².